The normalized spacial score (nSPS) is 23.9. The van der Waals surface area contributed by atoms with Gasteiger partial charge in [-0.25, -0.2) is 4.99 Å². The molecule has 2 aliphatic carbocycles. The molecule has 2 N–H and O–H groups in total. The number of nitrogens with zero attached hydrogens (tertiary/aromatic N) is 4. The largest absolute Gasteiger partial charge is 0.353 e. The molecule has 1 aromatic rings. The smallest absolute Gasteiger partial charge is 0.241 e. The number of hydrogen-bond acceptors (Lipinski definition) is 3. The Morgan fingerprint density at radius 3 is 2.74 bits per heavy atom. The summed E-state index contributed by atoms with van der Waals surface area (Å²) in [5.74, 6) is 2.40. The minimum atomic E-state index is 0. The molecule has 2 fully saturated rings. The number of nitrogens with one attached hydrogen (secondary N) is 2. The number of halogens is 1. The van der Waals surface area contributed by atoms with Crippen LogP contribution in [0.15, 0.2) is 11.2 Å². The van der Waals surface area contributed by atoms with Crippen molar-refractivity contribution in [1.82, 2.24) is 25.3 Å². The van der Waals surface area contributed by atoms with Gasteiger partial charge in [0.25, 0.3) is 0 Å². The maximum absolute atomic E-state index is 12.0. The molecule has 2 saturated carbocycles. The van der Waals surface area contributed by atoms with E-state index >= 15 is 0 Å². The van der Waals surface area contributed by atoms with Crippen LogP contribution in [0.25, 0.3) is 0 Å². The molecule has 2 bridgehead atoms. The second-order valence-electron chi connectivity index (χ2n) is 7.86. The minimum absolute atomic E-state index is 0. The summed E-state index contributed by atoms with van der Waals surface area (Å²) >= 11 is 0. The summed E-state index contributed by atoms with van der Waals surface area (Å²) in [7, 11) is 5.48. The minimum Gasteiger partial charge on any atom is -0.353 e. The highest BCUT2D eigenvalue weighted by molar-refractivity contribution is 14.0. The topological polar surface area (TPSA) is 74.5 Å². The van der Waals surface area contributed by atoms with Gasteiger partial charge in [0.15, 0.2) is 5.96 Å². The van der Waals surface area contributed by atoms with Gasteiger partial charge in [-0.15, -0.1) is 24.0 Å². The molecular formula is C19H33IN6O. The average Bonchev–Trinajstić information content (AvgIpc) is 3.31. The highest BCUT2D eigenvalue weighted by atomic mass is 127. The summed E-state index contributed by atoms with van der Waals surface area (Å²) in [6.07, 6.45) is 8.17. The van der Waals surface area contributed by atoms with Gasteiger partial charge in [0.2, 0.25) is 5.91 Å². The van der Waals surface area contributed by atoms with Crippen molar-refractivity contribution >= 4 is 35.8 Å². The molecule has 3 rings (SSSR count). The van der Waals surface area contributed by atoms with Crippen LogP contribution in [0.5, 0.6) is 0 Å². The maximum Gasteiger partial charge on any atom is 0.241 e. The number of rotatable bonds is 6. The lowest BCUT2D eigenvalue weighted by atomic mass is 9.95. The number of carbonyl (C=O) groups is 1. The zero-order valence-corrected chi connectivity index (χ0v) is 19.2. The standard InChI is InChI=1S/C19H32N6O.HI/c1-5-16-15(12-25(4)23-16)10-20-19(21-11-18(26)24(2)3)22-17-9-13-6-7-14(17)8-13;/h12-14,17H,5-11H2,1-4H3,(H2,20,21,22);1H. The lowest BCUT2D eigenvalue weighted by Gasteiger charge is -2.25. The monoisotopic (exact) mass is 488 g/mol. The summed E-state index contributed by atoms with van der Waals surface area (Å²) in [6, 6.07) is 0.481. The Morgan fingerprint density at radius 2 is 2.15 bits per heavy atom. The van der Waals surface area contributed by atoms with Crippen molar-refractivity contribution in [3.8, 4) is 0 Å². The molecule has 27 heavy (non-hydrogen) atoms. The van der Waals surface area contributed by atoms with Gasteiger partial charge in [0.05, 0.1) is 18.8 Å². The van der Waals surface area contributed by atoms with E-state index in [2.05, 4.69) is 22.7 Å². The van der Waals surface area contributed by atoms with E-state index in [1.807, 2.05) is 17.9 Å². The fourth-order valence-corrected chi connectivity index (χ4v) is 4.24. The number of aryl methyl sites for hydroxylation is 2. The molecule has 1 amide bonds. The van der Waals surface area contributed by atoms with E-state index in [4.69, 9.17) is 4.99 Å². The van der Waals surface area contributed by atoms with E-state index in [0.29, 0.717) is 12.6 Å². The van der Waals surface area contributed by atoms with Crippen LogP contribution in [0, 0.1) is 11.8 Å². The van der Waals surface area contributed by atoms with Crippen LogP contribution in [0.1, 0.15) is 43.9 Å². The summed E-state index contributed by atoms with van der Waals surface area (Å²) in [5.41, 5.74) is 2.22. The summed E-state index contributed by atoms with van der Waals surface area (Å²) < 4.78 is 1.84. The third-order valence-electron chi connectivity index (χ3n) is 5.70. The van der Waals surface area contributed by atoms with Crippen molar-refractivity contribution in [1.29, 1.82) is 0 Å². The zero-order valence-electron chi connectivity index (χ0n) is 16.9. The highest BCUT2D eigenvalue weighted by Crippen LogP contribution is 2.44. The van der Waals surface area contributed by atoms with Gasteiger partial charge < -0.3 is 15.5 Å². The number of aliphatic imine (C=N–C) groups is 1. The first-order valence-electron chi connectivity index (χ1n) is 9.72. The molecule has 152 valence electrons. The number of guanidine groups is 1. The van der Waals surface area contributed by atoms with Gasteiger partial charge in [-0.2, -0.15) is 5.10 Å². The van der Waals surface area contributed by atoms with Crippen LogP contribution in [0.4, 0.5) is 0 Å². The van der Waals surface area contributed by atoms with Crippen LogP contribution >= 0.6 is 24.0 Å². The van der Waals surface area contributed by atoms with E-state index in [1.54, 1.807) is 19.0 Å². The Labute approximate surface area is 179 Å². The second-order valence-corrected chi connectivity index (χ2v) is 7.86. The molecule has 1 aromatic heterocycles. The van der Waals surface area contributed by atoms with Crippen molar-refractivity contribution in [3.05, 3.63) is 17.5 Å². The number of carbonyl (C=O) groups excluding carboxylic acids is 1. The lowest BCUT2D eigenvalue weighted by Crippen LogP contribution is -2.48. The highest BCUT2D eigenvalue weighted by Gasteiger charge is 2.39. The molecule has 1 heterocycles. The predicted molar refractivity (Wildman–Crippen MR) is 118 cm³/mol. The van der Waals surface area contributed by atoms with Crippen LogP contribution in [-0.2, 0) is 24.8 Å². The third-order valence-corrected chi connectivity index (χ3v) is 5.70. The molecule has 2 aliphatic rings. The van der Waals surface area contributed by atoms with Crippen LogP contribution in [-0.4, -0.2) is 53.2 Å². The van der Waals surface area contributed by atoms with Crippen molar-refractivity contribution in [2.24, 2.45) is 23.9 Å². The summed E-state index contributed by atoms with van der Waals surface area (Å²) in [5, 5.41) is 11.3. The van der Waals surface area contributed by atoms with E-state index < -0.39 is 0 Å². The number of aromatic nitrogens is 2. The predicted octanol–water partition coefficient (Wildman–Crippen LogP) is 1.91. The van der Waals surface area contributed by atoms with E-state index in [0.717, 1.165) is 35.5 Å². The fraction of sp³-hybridized carbons (Fsp3) is 0.737. The molecule has 0 aliphatic heterocycles. The first-order chi connectivity index (χ1) is 12.5. The van der Waals surface area contributed by atoms with Crippen LogP contribution in [0.2, 0.25) is 0 Å². The van der Waals surface area contributed by atoms with Gasteiger partial charge in [-0.3, -0.25) is 9.48 Å². The van der Waals surface area contributed by atoms with E-state index in [1.165, 1.54) is 25.7 Å². The molecule has 3 unspecified atom stereocenters. The molecule has 0 saturated heterocycles. The van der Waals surface area contributed by atoms with Crippen molar-refractivity contribution in [2.75, 3.05) is 20.6 Å². The zero-order chi connectivity index (χ0) is 18.7. The van der Waals surface area contributed by atoms with Crippen LogP contribution in [0.3, 0.4) is 0 Å². The number of amides is 1. The molecule has 0 spiro atoms. The molecule has 7 nitrogen and oxygen atoms in total. The number of hydrogen-bond donors (Lipinski definition) is 2. The maximum atomic E-state index is 12.0. The molecule has 8 heteroatoms. The van der Waals surface area contributed by atoms with Gasteiger partial charge in [0.1, 0.15) is 0 Å². The lowest BCUT2D eigenvalue weighted by molar-refractivity contribution is -0.127. The van der Waals surface area contributed by atoms with Crippen molar-refractivity contribution < 1.29 is 4.79 Å². The van der Waals surface area contributed by atoms with Crippen LogP contribution < -0.4 is 10.6 Å². The van der Waals surface area contributed by atoms with Crippen molar-refractivity contribution in [3.63, 3.8) is 0 Å². The Balaban J connectivity index is 0.00000261. The second kappa shape index (κ2) is 9.75. The first-order valence-corrected chi connectivity index (χ1v) is 9.72. The number of likely N-dealkylation sites (N-methyl/N-ethyl adjacent to an activating group) is 1. The van der Waals surface area contributed by atoms with E-state index in [-0.39, 0.29) is 36.4 Å². The number of fused-ring (bicyclic) bond motifs is 2. The Bertz CT molecular complexity index is 671. The summed E-state index contributed by atoms with van der Waals surface area (Å²) in [6.45, 7) is 2.94. The Kier molecular flexibility index (Phi) is 7.93. The summed E-state index contributed by atoms with van der Waals surface area (Å²) in [4.78, 5) is 18.3. The van der Waals surface area contributed by atoms with Gasteiger partial charge in [0, 0.05) is 38.9 Å². The Morgan fingerprint density at radius 1 is 1.37 bits per heavy atom. The van der Waals surface area contributed by atoms with Crippen molar-refractivity contribution in [2.45, 2.75) is 51.6 Å². The molecule has 0 aromatic carbocycles. The average molecular weight is 488 g/mol. The van der Waals surface area contributed by atoms with Gasteiger partial charge in [-0.1, -0.05) is 13.3 Å². The molecular weight excluding hydrogens is 455 g/mol. The molecule has 0 radical (unpaired) electrons. The van der Waals surface area contributed by atoms with Gasteiger partial charge in [-0.05, 0) is 37.5 Å². The Hall–Kier alpha value is -1.32. The first kappa shape index (κ1) is 22.0. The molecule has 3 atom stereocenters. The quantitative estimate of drug-likeness (QED) is 0.365. The SMILES string of the molecule is CCc1nn(C)cc1CN=C(NCC(=O)N(C)C)NC1CC2CCC1C2.I. The fourth-order valence-electron chi connectivity index (χ4n) is 4.24. The van der Waals surface area contributed by atoms with Gasteiger partial charge >= 0.3 is 0 Å². The third kappa shape index (κ3) is 5.58. The van der Waals surface area contributed by atoms with E-state index in [9.17, 15) is 4.79 Å².